The van der Waals surface area contributed by atoms with Gasteiger partial charge in [-0.15, -0.1) is 11.8 Å². The van der Waals surface area contributed by atoms with E-state index < -0.39 is 5.97 Å². The lowest BCUT2D eigenvalue weighted by molar-refractivity contribution is -0.137. The summed E-state index contributed by atoms with van der Waals surface area (Å²) in [6.07, 6.45) is 4.49. The molecule has 0 aromatic carbocycles. The van der Waals surface area contributed by atoms with E-state index in [1.807, 2.05) is 0 Å². The molecular weight excluding hydrogens is 214 g/mol. The van der Waals surface area contributed by atoms with Crippen LogP contribution in [-0.4, -0.2) is 28.1 Å². The Bertz CT molecular complexity index is 233. The zero-order valence-corrected chi connectivity index (χ0v) is 9.52. The normalized spacial score (nSPS) is 21.1. The van der Waals surface area contributed by atoms with E-state index in [4.69, 9.17) is 5.11 Å². The van der Waals surface area contributed by atoms with Gasteiger partial charge in [-0.3, -0.25) is 9.59 Å². The van der Waals surface area contributed by atoms with Crippen LogP contribution < -0.4 is 5.32 Å². The Balaban J connectivity index is 1.99. The van der Waals surface area contributed by atoms with Gasteiger partial charge in [0.2, 0.25) is 5.91 Å². The number of nitrogens with one attached hydrogen (secondary N) is 1. The molecule has 1 heterocycles. The van der Waals surface area contributed by atoms with Crippen molar-refractivity contribution < 1.29 is 14.7 Å². The SMILES string of the molecule is O=C(O)CCCCCC1NC(=O)CCS1. The maximum absolute atomic E-state index is 11.0. The summed E-state index contributed by atoms with van der Waals surface area (Å²) in [6.45, 7) is 0. The van der Waals surface area contributed by atoms with Gasteiger partial charge in [-0.05, 0) is 12.8 Å². The van der Waals surface area contributed by atoms with Crippen molar-refractivity contribution in [1.29, 1.82) is 0 Å². The molecular formula is C10H17NO3S. The number of carbonyl (C=O) groups excluding carboxylic acids is 1. The highest BCUT2D eigenvalue weighted by Crippen LogP contribution is 2.20. The minimum Gasteiger partial charge on any atom is -0.481 e. The molecule has 1 saturated heterocycles. The molecule has 1 aliphatic rings. The molecule has 1 rings (SSSR count). The van der Waals surface area contributed by atoms with Crippen LogP contribution in [0.25, 0.3) is 0 Å². The van der Waals surface area contributed by atoms with E-state index in [9.17, 15) is 9.59 Å². The van der Waals surface area contributed by atoms with Gasteiger partial charge in [-0.2, -0.15) is 0 Å². The minimum absolute atomic E-state index is 0.143. The molecule has 1 atom stereocenters. The first kappa shape index (κ1) is 12.4. The van der Waals surface area contributed by atoms with E-state index in [0.29, 0.717) is 6.42 Å². The van der Waals surface area contributed by atoms with Gasteiger partial charge in [0.1, 0.15) is 0 Å². The van der Waals surface area contributed by atoms with E-state index in [1.54, 1.807) is 11.8 Å². The molecule has 0 radical (unpaired) electrons. The Morgan fingerprint density at radius 3 is 2.93 bits per heavy atom. The average molecular weight is 231 g/mol. The molecule has 15 heavy (non-hydrogen) atoms. The number of hydrogen-bond donors (Lipinski definition) is 2. The van der Waals surface area contributed by atoms with Gasteiger partial charge in [0.05, 0.1) is 5.37 Å². The van der Waals surface area contributed by atoms with Crippen molar-refractivity contribution in [1.82, 2.24) is 5.32 Å². The summed E-state index contributed by atoms with van der Waals surface area (Å²) in [4.78, 5) is 21.3. The number of carbonyl (C=O) groups is 2. The van der Waals surface area contributed by atoms with E-state index in [2.05, 4.69) is 5.32 Å². The summed E-state index contributed by atoms with van der Waals surface area (Å²) in [5, 5.41) is 11.6. The van der Waals surface area contributed by atoms with Crippen LogP contribution in [0.1, 0.15) is 38.5 Å². The van der Waals surface area contributed by atoms with Crippen LogP contribution in [0.2, 0.25) is 0 Å². The number of amides is 1. The lowest BCUT2D eigenvalue weighted by Crippen LogP contribution is -2.36. The Kier molecular flexibility index (Phi) is 5.53. The molecule has 0 saturated carbocycles. The first-order chi connectivity index (χ1) is 7.18. The van der Waals surface area contributed by atoms with Gasteiger partial charge < -0.3 is 10.4 Å². The van der Waals surface area contributed by atoms with Gasteiger partial charge in [-0.25, -0.2) is 0 Å². The van der Waals surface area contributed by atoms with Gasteiger partial charge >= 0.3 is 5.97 Å². The lowest BCUT2D eigenvalue weighted by atomic mass is 10.1. The largest absolute Gasteiger partial charge is 0.481 e. The van der Waals surface area contributed by atoms with E-state index in [1.165, 1.54) is 0 Å². The lowest BCUT2D eigenvalue weighted by Gasteiger charge is -2.22. The molecule has 1 unspecified atom stereocenters. The second kappa shape index (κ2) is 6.71. The van der Waals surface area contributed by atoms with Crippen molar-refractivity contribution in [3.63, 3.8) is 0 Å². The molecule has 0 aromatic heterocycles. The predicted molar refractivity (Wildman–Crippen MR) is 59.7 cm³/mol. The van der Waals surface area contributed by atoms with Crippen LogP contribution in [0.5, 0.6) is 0 Å². The monoisotopic (exact) mass is 231 g/mol. The third kappa shape index (κ3) is 5.67. The summed E-state index contributed by atoms with van der Waals surface area (Å²) >= 11 is 1.78. The van der Waals surface area contributed by atoms with Gasteiger partial charge in [-0.1, -0.05) is 12.8 Å². The first-order valence-corrected chi connectivity index (χ1v) is 6.36. The average Bonchev–Trinajstić information content (AvgIpc) is 2.17. The minimum atomic E-state index is -0.727. The first-order valence-electron chi connectivity index (χ1n) is 5.31. The Hall–Kier alpha value is -0.710. The number of carboxylic acids is 1. The third-order valence-corrected chi connectivity index (χ3v) is 3.52. The van der Waals surface area contributed by atoms with Crippen LogP contribution >= 0.6 is 11.8 Å². The number of rotatable bonds is 6. The van der Waals surface area contributed by atoms with Gasteiger partial charge in [0.25, 0.3) is 0 Å². The molecule has 1 amide bonds. The maximum Gasteiger partial charge on any atom is 0.303 e. The van der Waals surface area contributed by atoms with E-state index >= 15 is 0 Å². The molecule has 5 heteroatoms. The van der Waals surface area contributed by atoms with Crippen molar-refractivity contribution in [3.05, 3.63) is 0 Å². The zero-order chi connectivity index (χ0) is 11.1. The summed E-state index contributed by atoms with van der Waals surface area (Å²) in [6, 6.07) is 0. The van der Waals surface area contributed by atoms with Crippen LogP contribution in [0.15, 0.2) is 0 Å². The molecule has 0 aliphatic carbocycles. The summed E-state index contributed by atoms with van der Waals surface area (Å²) in [5.41, 5.74) is 0. The quantitative estimate of drug-likeness (QED) is 0.681. The number of unbranched alkanes of at least 4 members (excludes halogenated alkanes) is 2. The van der Waals surface area contributed by atoms with E-state index in [-0.39, 0.29) is 17.7 Å². The predicted octanol–water partition coefficient (Wildman–Crippen LogP) is 1.60. The van der Waals surface area contributed by atoms with Crippen molar-refractivity contribution in [2.24, 2.45) is 0 Å². The number of aliphatic carboxylic acids is 1. The number of hydrogen-bond acceptors (Lipinski definition) is 3. The second-order valence-electron chi connectivity index (χ2n) is 3.67. The fourth-order valence-electron chi connectivity index (χ4n) is 1.53. The molecule has 2 N–H and O–H groups in total. The summed E-state index contributed by atoms with van der Waals surface area (Å²) in [7, 11) is 0. The molecule has 0 aromatic rings. The number of thioether (sulfide) groups is 1. The molecule has 86 valence electrons. The standard InChI is InChI=1S/C10H17NO3S/c12-8-6-7-15-9(11-8)4-2-1-3-5-10(13)14/h9H,1-7H2,(H,11,12)(H,13,14). The fourth-order valence-corrected chi connectivity index (χ4v) is 2.66. The van der Waals surface area contributed by atoms with Gasteiger partial charge in [0, 0.05) is 18.6 Å². The molecule has 1 aliphatic heterocycles. The molecule has 4 nitrogen and oxygen atoms in total. The van der Waals surface area contributed by atoms with Crippen LogP contribution in [0.3, 0.4) is 0 Å². The van der Waals surface area contributed by atoms with Crippen LogP contribution in [0, 0.1) is 0 Å². The smallest absolute Gasteiger partial charge is 0.303 e. The Morgan fingerprint density at radius 1 is 1.47 bits per heavy atom. The van der Waals surface area contributed by atoms with Crippen molar-refractivity contribution in [3.8, 4) is 0 Å². The Morgan fingerprint density at radius 2 is 2.27 bits per heavy atom. The maximum atomic E-state index is 11.0. The van der Waals surface area contributed by atoms with Crippen molar-refractivity contribution in [2.45, 2.75) is 43.9 Å². The van der Waals surface area contributed by atoms with Crippen LogP contribution in [-0.2, 0) is 9.59 Å². The molecule has 0 bridgehead atoms. The highest BCUT2D eigenvalue weighted by atomic mass is 32.2. The topological polar surface area (TPSA) is 66.4 Å². The summed E-state index contributed by atoms with van der Waals surface area (Å²) in [5.74, 6) is 0.325. The van der Waals surface area contributed by atoms with Gasteiger partial charge in [0.15, 0.2) is 0 Å². The van der Waals surface area contributed by atoms with E-state index in [0.717, 1.165) is 31.4 Å². The zero-order valence-electron chi connectivity index (χ0n) is 8.70. The summed E-state index contributed by atoms with van der Waals surface area (Å²) < 4.78 is 0. The third-order valence-electron chi connectivity index (χ3n) is 2.33. The Labute approximate surface area is 93.8 Å². The highest BCUT2D eigenvalue weighted by molar-refractivity contribution is 8.00. The van der Waals surface area contributed by atoms with Crippen molar-refractivity contribution >= 4 is 23.6 Å². The highest BCUT2D eigenvalue weighted by Gasteiger charge is 2.17. The molecule has 1 fully saturated rings. The fraction of sp³-hybridized carbons (Fsp3) is 0.800. The second-order valence-corrected chi connectivity index (χ2v) is 4.98. The van der Waals surface area contributed by atoms with Crippen LogP contribution in [0.4, 0.5) is 0 Å². The molecule has 0 spiro atoms. The van der Waals surface area contributed by atoms with Crippen molar-refractivity contribution in [2.75, 3.05) is 5.75 Å². The number of carboxylic acid groups (broad SMARTS) is 1.